The molecular weight excluding hydrogens is 535 g/mol. The Labute approximate surface area is 247 Å². The lowest BCUT2D eigenvalue weighted by atomic mass is 9.87. The van der Waals surface area contributed by atoms with Crippen molar-refractivity contribution in [2.24, 2.45) is 0 Å². The van der Waals surface area contributed by atoms with Gasteiger partial charge in [-0.2, -0.15) is 0 Å². The third-order valence-corrected chi connectivity index (χ3v) is 11.0. The molecule has 4 nitrogen and oxygen atoms in total. The zero-order valence-electron chi connectivity index (χ0n) is 23.6. The first-order valence-corrected chi connectivity index (χ1v) is 16.4. The third kappa shape index (κ3) is 7.65. The molecule has 5 rings (SSSR count). The quantitative estimate of drug-likeness (QED) is 0.225. The van der Waals surface area contributed by atoms with E-state index in [4.69, 9.17) is 4.98 Å². The fraction of sp³-hybridized carbons (Fsp3) is 0.471. The normalized spacial score (nSPS) is 18.2. The highest BCUT2D eigenvalue weighted by Crippen LogP contribution is 2.57. The lowest BCUT2D eigenvalue weighted by molar-refractivity contribution is -0.137. The van der Waals surface area contributed by atoms with E-state index in [0.717, 1.165) is 47.4 Å². The molecule has 2 aliphatic rings. The predicted octanol–water partition coefficient (Wildman–Crippen LogP) is 9.00. The van der Waals surface area contributed by atoms with Crippen LogP contribution >= 0.6 is 23.1 Å². The van der Waals surface area contributed by atoms with Crippen molar-refractivity contribution in [3.05, 3.63) is 86.9 Å². The van der Waals surface area contributed by atoms with Crippen LogP contribution in [-0.2, 0) is 16.8 Å². The summed E-state index contributed by atoms with van der Waals surface area (Å²) in [5.41, 5.74) is 4.83. The van der Waals surface area contributed by atoms with Crippen LogP contribution in [0.2, 0.25) is 0 Å². The summed E-state index contributed by atoms with van der Waals surface area (Å²) in [6, 6.07) is 16.8. The summed E-state index contributed by atoms with van der Waals surface area (Å²) < 4.78 is -0.172. The highest BCUT2D eigenvalue weighted by molar-refractivity contribution is 8.01. The van der Waals surface area contributed by atoms with Crippen molar-refractivity contribution >= 4 is 41.2 Å². The fourth-order valence-corrected chi connectivity index (χ4v) is 8.42. The zero-order valence-corrected chi connectivity index (χ0v) is 25.3. The van der Waals surface area contributed by atoms with Gasteiger partial charge in [0, 0.05) is 21.3 Å². The second kappa shape index (κ2) is 12.6. The first-order chi connectivity index (χ1) is 19.2. The van der Waals surface area contributed by atoms with Crippen LogP contribution < -0.4 is 0 Å². The SMILES string of the molecule is CC(C)(O)c1ccccc1CCC(SC1(CC(=O)O)CC1)c1cccc(/C=C/c2nc(C3CCCCC3)cs2)c1. The summed E-state index contributed by atoms with van der Waals surface area (Å²) in [6.45, 7) is 3.67. The van der Waals surface area contributed by atoms with Gasteiger partial charge in [-0.05, 0) is 80.7 Å². The van der Waals surface area contributed by atoms with Crippen molar-refractivity contribution in [3.8, 4) is 0 Å². The molecule has 40 heavy (non-hydrogen) atoms. The molecule has 2 N–H and O–H groups in total. The molecule has 0 radical (unpaired) electrons. The number of thioether (sulfide) groups is 1. The first kappa shape index (κ1) is 29.1. The number of rotatable bonds is 12. The number of thiazole rings is 1. The van der Waals surface area contributed by atoms with Crippen molar-refractivity contribution in [1.82, 2.24) is 4.98 Å². The van der Waals surface area contributed by atoms with Gasteiger partial charge in [-0.25, -0.2) is 4.98 Å². The molecule has 0 aliphatic heterocycles. The molecule has 1 unspecified atom stereocenters. The molecule has 2 aromatic carbocycles. The maximum Gasteiger partial charge on any atom is 0.304 e. The number of aliphatic hydroxyl groups is 1. The van der Waals surface area contributed by atoms with Crippen molar-refractivity contribution in [2.75, 3.05) is 0 Å². The molecule has 0 amide bonds. The Balaban J connectivity index is 1.34. The molecule has 2 fully saturated rings. The number of nitrogens with zero attached hydrogens (tertiary/aromatic N) is 1. The average molecular weight is 576 g/mol. The lowest BCUT2D eigenvalue weighted by Gasteiger charge is -2.25. The predicted molar refractivity (Wildman–Crippen MR) is 168 cm³/mol. The zero-order chi connectivity index (χ0) is 28.2. The van der Waals surface area contributed by atoms with Crippen molar-refractivity contribution < 1.29 is 15.0 Å². The summed E-state index contributed by atoms with van der Waals surface area (Å²) >= 11 is 3.56. The minimum Gasteiger partial charge on any atom is -0.481 e. The Hall–Kier alpha value is -2.41. The minimum absolute atomic E-state index is 0.169. The van der Waals surface area contributed by atoms with E-state index in [-0.39, 0.29) is 16.4 Å². The van der Waals surface area contributed by atoms with E-state index in [2.05, 4.69) is 47.9 Å². The van der Waals surface area contributed by atoms with Crippen molar-refractivity contribution in [3.63, 3.8) is 0 Å². The highest BCUT2D eigenvalue weighted by Gasteiger charge is 2.47. The van der Waals surface area contributed by atoms with E-state index in [0.29, 0.717) is 5.92 Å². The minimum atomic E-state index is -0.905. The Morgan fingerprint density at radius 1 is 1.12 bits per heavy atom. The molecule has 2 saturated carbocycles. The summed E-state index contributed by atoms with van der Waals surface area (Å²) in [4.78, 5) is 16.6. The van der Waals surface area contributed by atoms with Crippen molar-refractivity contribution in [1.29, 1.82) is 0 Å². The van der Waals surface area contributed by atoms with Gasteiger partial charge in [-0.1, -0.05) is 73.9 Å². The lowest BCUT2D eigenvalue weighted by Crippen LogP contribution is -2.18. The summed E-state index contributed by atoms with van der Waals surface area (Å²) in [6.07, 6.45) is 14.6. The van der Waals surface area contributed by atoms with Gasteiger partial charge in [-0.15, -0.1) is 23.1 Å². The van der Waals surface area contributed by atoms with E-state index >= 15 is 0 Å². The number of carbonyl (C=O) groups is 1. The number of aliphatic carboxylic acids is 1. The second-order valence-electron chi connectivity index (χ2n) is 12.1. The number of aryl methyl sites for hydroxylation is 1. The molecule has 3 aromatic rings. The van der Waals surface area contributed by atoms with Gasteiger partial charge < -0.3 is 10.2 Å². The number of carboxylic acid groups (broad SMARTS) is 1. The molecule has 6 heteroatoms. The molecule has 0 spiro atoms. The fourth-order valence-electron chi connectivity index (χ4n) is 5.96. The topological polar surface area (TPSA) is 70.4 Å². The Kier molecular flexibility index (Phi) is 9.18. The van der Waals surface area contributed by atoms with Crippen LogP contribution in [0.4, 0.5) is 0 Å². The smallest absolute Gasteiger partial charge is 0.304 e. The molecule has 0 saturated heterocycles. The van der Waals surface area contributed by atoms with Crippen LogP contribution in [0.3, 0.4) is 0 Å². The number of hydrogen-bond donors (Lipinski definition) is 2. The maximum atomic E-state index is 11.6. The second-order valence-corrected chi connectivity index (χ2v) is 14.6. The van der Waals surface area contributed by atoms with Gasteiger partial charge in [0.05, 0.1) is 17.7 Å². The van der Waals surface area contributed by atoms with E-state index in [1.807, 2.05) is 43.8 Å². The largest absolute Gasteiger partial charge is 0.481 e. The molecule has 2 aliphatic carbocycles. The Morgan fingerprint density at radius 3 is 2.62 bits per heavy atom. The van der Waals surface area contributed by atoms with Gasteiger partial charge in [0.25, 0.3) is 0 Å². The van der Waals surface area contributed by atoms with E-state index < -0.39 is 11.6 Å². The third-order valence-electron chi connectivity index (χ3n) is 8.29. The van der Waals surface area contributed by atoms with E-state index in [1.54, 1.807) is 11.3 Å². The number of hydrogen-bond acceptors (Lipinski definition) is 5. The molecule has 0 bridgehead atoms. The van der Waals surface area contributed by atoms with Gasteiger partial charge in [0.1, 0.15) is 5.01 Å². The van der Waals surface area contributed by atoms with Crippen LogP contribution in [0.15, 0.2) is 53.9 Å². The van der Waals surface area contributed by atoms with Gasteiger partial charge in [-0.3, -0.25) is 4.79 Å². The standard InChI is InChI=1S/C34H41NO3S2/c1-33(2,38)28-14-7-6-10-25(28)16-17-30(40-34(19-20-34)22-32(36)37)27-13-8-9-24(21-27)15-18-31-35-29(23-39-31)26-11-4-3-5-12-26/h6-10,13-15,18,21,23,26,30,38H,3-5,11-12,16-17,19-20,22H2,1-2H3,(H,36,37)/b18-15+. The molecule has 212 valence electrons. The van der Waals surface area contributed by atoms with Crippen LogP contribution in [0.1, 0.15) is 116 Å². The monoisotopic (exact) mass is 575 g/mol. The summed E-state index contributed by atoms with van der Waals surface area (Å²) in [5, 5.41) is 23.7. The van der Waals surface area contributed by atoms with Crippen molar-refractivity contribution in [2.45, 2.75) is 99.6 Å². The van der Waals surface area contributed by atoms with E-state index in [1.165, 1.54) is 43.4 Å². The summed E-state index contributed by atoms with van der Waals surface area (Å²) in [7, 11) is 0. The van der Waals surface area contributed by atoms with Crippen LogP contribution in [0.25, 0.3) is 12.2 Å². The highest BCUT2D eigenvalue weighted by atomic mass is 32.2. The number of carboxylic acids is 1. The molecule has 1 heterocycles. The Bertz CT molecular complexity index is 1330. The van der Waals surface area contributed by atoms with Gasteiger partial charge in [0.2, 0.25) is 0 Å². The number of benzene rings is 2. The van der Waals surface area contributed by atoms with E-state index in [9.17, 15) is 15.0 Å². The van der Waals surface area contributed by atoms with Crippen LogP contribution in [0.5, 0.6) is 0 Å². The molecule has 1 atom stereocenters. The van der Waals surface area contributed by atoms with Crippen LogP contribution in [-0.4, -0.2) is 25.9 Å². The van der Waals surface area contributed by atoms with Crippen LogP contribution in [0, 0.1) is 0 Å². The van der Waals surface area contributed by atoms with Gasteiger partial charge >= 0.3 is 5.97 Å². The molecule has 1 aromatic heterocycles. The van der Waals surface area contributed by atoms with Gasteiger partial charge in [0.15, 0.2) is 0 Å². The maximum absolute atomic E-state index is 11.6. The number of aromatic nitrogens is 1. The molecular formula is C34H41NO3S2. The Morgan fingerprint density at radius 2 is 1.90 bits per heavy atom. The summed E-state index contributed by atoms with van der Waals surface area (Å²) in [5.74, 6) is -0.0980. The first-order valence-electron chi connectivity index (χ1n) is 14.6. The average Bonchev–Trinajstić information content (AvgIpc) is 3.51.